The fourth-order valence-electron chi connectivity index (χ4n) is 4.65. The predicted molar refractivity (Wildman–Crippen MR) is 138 cm³/mol. The fourth-order valence-corrected chi connectivity index (χ4v) is 5.95. The van der Waals surface area contributed by atoms with Crippen LogP contribution in [0.4, 0.5) is 5.69 Å². The third kappa shape index (κ3) is 6.61. The zero-order valence-electron chi connectivity index (χ0n) is 19.8. The van der Waals surface area contributed by atoms with E-state index >= 15 is 0 Å². The van der Waals surface area contributed by atoms with Gasteiger partial charge in [-0.3, -0.25) is 9.78 Å². The molecule has 2 aliphatic heterocycles. The number of pyridine rings is 1. The third-order valence-electron chi connectivity index (χ3n) is 6.61. The number of piperidine rings is 1. The van der Waals surface area contributed by atoms with Crippen LogP contribution in [0.3, 0.4) is 0 Å². The Morgan fingerprint density at radius 1 is 1.11 bits per heavy atom. The number of hydrogen-bond donors (Lipinski definition) is 0. The summed E-state index contributed by atoms with van der Waals surface area (Å²) in [6.07, 6.45) is 7.06. The van der Waals surface area contributed by atoms with E-state index in [9.17, 15) is 13.2 Å². The minimum Gasteiger partial charge on any atom is -0.382 e. The molecule has 0 unspecified atom stereocenters. The van der Waals surface area contributed by atoms with Gasteiger partial charge in [-0.05, 0) is 54.7 Å². The number of aromatic nitrogens is 1. The van der Waals surface area contributed by atoms with E-state index in [0.29, 0.717) is 17.5 Å². The van der Waals surface area contributed by atoms with Crippen LogP contribution in [0, 0.1) is 5.92 Å². The first-order chi connectivity index (χ1) is 16.9. The molecule has 1 aromatic heterocycles. The lowest BCUT2D eigenvalue weighted by atomic mass is 9.95. The van der Waals surface area contributed by atoms with Crippen LogP contribution >= 0.6 is 11.6 Å². The molecule has 2 saturated heterocycles. The van der Waals surface area contributed by atoms with Crippen molar-refractivity contribution in [3.63, 3.8) is 0 Å². The van der Waals surface area contributed by atoms with E-state index in [1.165, 1.54) is 10.4 Å². The molecule has 1 atom stereocenters. The summed E-state index contributed by atoms with van der Waals surface area (Å²) < 4.78 is 32.6. The number of nitrogens with zero attached hydrogens (tertiary/aromatic N) is 4. The summed E-state index contributed by atoms with van der Waals surface area (Å²) in [5.74, 6) is 0.183. The first-order valence-corrected chi connectivity index (χ1v) is 13.6. The van der Waals surface area contributed by atoms with Crippen LogP contribution in [-0.2, 0) is 19.6 Å². The van der Waals surface area contributed by atoms with Crippen LogP contribution < -0.4 is 4.90 Å². The first kappa shape index (κ1) is 25.6. The lowest BCUT2D eigenvalue weighted by molar-refractivity contribution is -0.140. The summed E-state index contributed by atoms with van der Waals surface area (Å²) >= 11 is 5.89. The summed E-state index contributed by atoms with van der Waals surface area (Å²) in [6, 6.07) is 10.6. The van der Waals surface area contributed by atoms with E-state index in [2.05, 4.69) is 9.88 Å². The molecule has 2 aromatic rings. The smallest absolute Gasteiger partial charge is 0.238 e. The zero-order valence-corrected chi connectivity index (χ0v) is 21.4. The van der Waals surface area contributed by atoms with Crippen LogP contribution in [0.25, 0.3) is 6.08 Å². The van der Waals surface area contributed by atoms with Gasteiger partial charge in [0.05, 0.1) is 19.2 Å². The van der Waals surface area contributed by atoms with Crippen LogP contribution in [0.15, 0.2) is 54.2 Å². The summed E-state index contributed by atoms with van der Waals surface area (Å²) in [5.41, 5.74) is 1.88. The van der Waals surface area contributed by atoms with Gasteiger partial charge in [0.1, 0.15) is 0 Å². The average molecular weight is 519 g/mol. The van der Waals surface area contributed by atoms with Crippen LogP contribution in [0.2, 0.25) is 5.02 Å². The number of carbonyl (C=O) groups is 1. The van der Waals surface area contributed by atoms with Gasteiger partial charge in [0.25, 0.3) is 0 Å². The predicted octanol–water partition coefficient (Wildman–Crippen LogP) is 3.11. The molecule has 0 saturated carbocycles. The fraction of sp³-hybridized carbons (Fsp3) is 0.440. The highest BCUT2D eigenvalue weighted by atomic mass is 35.5. The Balaban J connectivity index is 1.38. The highest BCUT2D eigenvalue weighted by Crippen LogP contribution is 2.26. The molecule has 0 radical (unpaired) electrons. The minimum atomic E-state index is -3.77. The Hall–Kier alpha value is -2.46. The van der Waals surface area contributed by atoms with Crippen molar-refractivity contribution in [2.45, 2.75) is 18.9 Å². The van der Waals surface area contributed by atoms with Gasteiger partial charge in [0.15, 0.2) is 0 Å². The lowest BCUT2D eigenvalue weighted by Gasteiger charge is -2.43. The topological polar surface area (TPSA) is 83.0 Å². The van der Waals surface area contributed by atoms with E-state index in [-0.39, 0.29) is 31.6 Å². The average Bonchev–Trinajstić information content (AvgIpc) is 2.86. The third-order valence-corrected chi connectivity index (χ3v) is 8.34. The molecule has 0 spiro atoms. The SMILES string of the molecule is COC[C@H]1CN(S(=O)(=O)C=Cc2ccc(Cl)cc2)CC(=O)N1CC1CCN(c2ccncc2)CC1. The monoisotopic (exact) mass is 518 g/mol. The molecule has 4 rings (SSSR count). The molecular formula is C25H31ClN4O4S. The van der Waals surface area contributed by atoms with E-state index in [0.717, 1.165) is 42.6 Å². The number of anilines is 1. The first-order valence-electron chi connectivity index (χ1n) is 11.7. The number of amides is 1. The summed E-state index contributed by atoms with van der Waals surface area (Å²) in [4.78, 5) is 21.4. The Morgan fingerprint density at radius 2 is 1.80 bits per heavy atom. The van der Waals surface area contributed by atoms with Gasteiger partial charge in [-0.2, -0.15) is 4.31 Å². The second-order valence-electron chi connectivity index (χ2n) is 8.98. The second-order valence-corrected chi connectivity index (χ2v) is 11.2. The van der Waals surface area contributed by atoms with Crippen molar-refractivity contribution in [2.75, 3.05) is 51.3 Å². The van der Waals surface area contributed by atoms with Crippen molar-refractivity contribution in [3.8, 4) is 0 Å². The molecule has 10 heteroatoms. The quantitative estimate of drug-likeness (QED) is 0.534. The van der Waals surface area contributed by atoms with Crippen molar-refractivity contribution >= 4 is 39.3 Å². The number of hydrogen-bond acceptors (Lipinski definition) is 6. The number of sulfonamides is 1. The van der Waals surface area contributed by atoms with Gasteiger partial charge in [-0.25, -0.2) is 8.42 Å². The Morgan fingerprint density at radius 3 is 2.46 bits per heavy atom. The maximum atomic E-state index is 13.1. The lowest BCUT2D eigenvalue weighted by Crippen LogP contribution is -2.60. The van der Waals surface area contributed by atoms with Gasteiger partial charge < -0.3 is 14.5 Å². The molecule has 2 fully saturated rings. The summed E-state index contributed by atoms with van der Waals surface area (Å²) in [5, 5.41) is 1.73. The van der Waals surface area contributed by atoms with E-state index < -0.39 is 10.0 Å². The van der Waals surface area contributed by atoms with Crippen molar-refractivity contribution < 1.29 is 17.9 Å². The summed E-state index contributed by atoms with van der Waals surface area (Å²) in [7, 11) is -2.19. The van der Waals surface area contributed by atoms with Gasteiger partial charge in [-0.15, -0.1) is 0 Å². The minimum absolute atomic E-state index is 0.163. The molecule has 3 heterocycles. The normalized spacial score (nSPS) is 20.6. The Kier molecular flexibility index (Phi) is 8.43. The van der Waals surface area contributed by atoms with Crippen molar-refractivity contribution in [2.24, 2.45) is 5.92 Å². The molecule has 2 aliphatic rings. The standard InChI is InChI=1S/C25H31ClN4O4S/c1-34-19-24-17-29(35(32,33)15-10-20-2-4-22(26)5-3-20)18-25(31)30(24)16-21-8-13-28(14-9-21)23-6-11-27-12-7-23/h2-7,10-12,15,21,24H,8-9,13-14,16-19H2,1H3/t24-/m1/s1. The summed E-state index contributed by atoms with van der Waals surface area (Å²) in [6.45, 7) is 2.79. The van der Waals surface area contributed by atoms with Crippen molar-refractivity contribution in [3.05, 3.63) is 64.8 Å². The zero-order chi connectivity index (χ0) is 24.8. The van der Waals surface area contributed by atoms with Crippen LogP contribution in [0.1, 0.15) is 18.4 Å². The number of benzene rings is 1. The maximum absolute atomic E-state index is 13.1. The van der Waals surface area contributed by atoms with Crippen LogP contribution in [0.5, 0.6) is 0 Å². The van der Waals surface area contributed by atoms with E-state index in [1.54, 1.807) is 43.8 Å². The number of rotatable bonds is 8. The molecule has 8 nitrogen and oxygen atoms in total. The Bertz CT molecular complexity index is 1120. The van der Waals surface area contributed by atoms with Gasteiger partial charge in [-0.1, -0.05) is 23.7 Å². The highest BCUT2D eigenvalue weighted by Gasteiger charge is 2.38. The highest BCUT2D eigenvalue weighted by molar-refractivity contribution is 7.92. The number of methoxy groups -OCH3 is 1. The molecular weight excluding hydrogens is 488 g/mol. The molecule has 188 valence electrons. The molecule has 1 amide bonds. The molecule has 0 N–H and O–H groups in total. The van der Waals surface area contributed by atoms with Gasteiger partial charge in [0, 0.05) is 61.8 Å². The molecule has 35 heavy (non-hydrogen) atoms. The molecule has 0 bridgehead atoms. The Labute approximate surface area is 212 Å². The van der Waals surface area contributed by atoms with Gasteiger partial charge >= 0.3 is 0 Å². The number of carbonyl (C=O) groups excluding carboxylic acids is 1. The van der Waals surface area contributed by atoms with Crippen molar-refractivity contribution in [1.29, 1.82) is 0 Å². The van der Waals surface area contributed by atoms with E-state index in [4.69, 9.17) is 16.3 Å². The second kappa shape index (κ2) is 11.5. The van der Waals surface area contributed by atoms with Crippen LogP contribution in [-0.4, -0.2) is 81.0 Å². The number of piperazine rings is 1. The molecule has 0 aliphatic carbocycles. The number of ether oxygens (including phenoxy) is 1. The van der Waals surface area contributed by atoms with Crippen molar-refractivity contribution in [1.82, 2.24) is 14.2 Å². The maximum Gasteiger partial charge on any atom is 0.238 e. The molecule has 1 aromatic carbocycles. The number of halogens is 1. The van der Waals surface area contributed by atoms with Gasteiger partial charge in [0.2, 0.25) is 15.9 Å². The largest absolute Gasteiger partial charge is 0.382 e. The van der Waals surface area contributed by atoms with E-state index in [1.807, 2.05) is 17.0 Å².